The summed E-state index contributed by atoms with van der Waals surface area (Å²) in [5.74, 6) is -0.116. The Morgan fingerprint density at radius 3 is 2.57 bits per heavy atom. The Morgan fingerprint density at radius 2 is 1.86 bits per heavy atom. The number of hydrogen-bond donors (Lipinski definition) is 1. The molecule has 110 valence electrons. The van der Waals surface area contributed by atoms with Gasteiger partial charge in [-0.05, 0) is 24.3 Å². The number of nitrogens with two attached hydrogens (primary N) is 1. The first-order valence-electron chi connectivity index (χ1n) is 6.58. The average Bonchev–Trinajstić information content (AvgIpc) is 2.49. The lowest BCUT2D eigenvalue weighted by Crippen LogP contribution is -2.28. The van der Waals surface area contributed by atoms with E-state index in [1.807, 2.05) is 0 Å². The summed E-state index contributed by atoms with van der Waals surface area (Å²) in [7, 11) is 1.54. The van der Waals surface area contributed by atoms with Crippen LogP contribution in [-0.2, 0) is 4.79 Å². The zero-order valence-corrected chi connectivity index (χ0v) is 11.8. The van der Waals surface area contributed by atoms with Gasteiger partial charge in [0.15, 0.2) is 0 Å². The average molecular weight is 288 g/mol. The number of ether oxygens (including phenoxy) is 1. The molecule has 0 unspecified atom stereocenters. The van der Waals surface area contributed by atoms with Crippen molar-refractivity contribution in [2.24, 2.45) is 0 Å². The molecule has 1 amide bonds. The SMILES string of the molecule is CN(C(=O)CCOc1ccccc1N)c1ccccc1F. The lowest BCUT2D eigenvalue weighted by molar-refractivity contribution is -0.118. The van der Waals surface area contributed by atoms with Gasteiger partial charge in [0, 0.05) is 7.05 Å². The molecule has 0 heterocycles. The van der Waals surface area contributed by atoms with E-state index in [9.17, 15) is 9.18 Å². The van der Waals surface area contributed by atoms with E-state index in [4.69, 9.17) is 10.5 Å². The Balaban J connectivity index is 1.90. The quantitative estimate of drug-likeness (QED) is 0.861. The van der Waals surface area contributed by atoms with E-state index in [2.05, 4.69) is 0 Å². The van der Waals surface area contributed by atoms with Crippen LogP contribution in [0.1, 0.15) is 6.42 Å². The monoisotopic (exact) mass is 288 g/mol. The van der Waals surface area contributed by atoms with E-state index < -0.39 is 5.82 Å². The minimum absolute atomic E-state index is 0.138. The second-order valence-electron chi connectivity index (χ2n) is 4.54. The molecule has 2 aromatic carbocycles. The number of benzene rings is 2. The van der Waals surface area contributed by atoms with Gasteiger partial charge in [0.05, 0.1) is 24.4 Å². The fraction of sp³-hybridized carbons (Fsp3) is 0.188. The van der Waals surface area contributed by atoms with E-state index >= 15 is 0 Å². The maximum Gasteiger partial charge on any atom is 0.230 e. The van der Waals surface area contributed by atoms with Crippen molar-refractivity contribution in [2.45, 2.75) is 6.42 Å². The minimum Gasteiger partial charge on any atom is -0.491 e. The van der Waals surface area contributed by atoms with E-state index in [1.54, 1.807) is 42.5 Å². The normalized spacial score (nSPS) is 10.2. The van der Waals surface area contributed by atoms with Gasteiger partial charge in [-0.3, -0.25) is 4.79 Å². The number of amides is 1. The highest BCUT2D eigenvalue weighted by molar-refractivity contribution is 5.92. The van der Waals surface area contributed by atoms with Crippen molar-refractivity contribution in [3.8, 4) is 5.75 Å². The van der Waals surface area contributed by atoms with Crippen LogP contribution in [0.15, 0.2) is 48.5 Å². The molecule has 21 heavy (non-hydrogen) atoms. The van der Waals surface area contributed by atoms with Crippen LogP contribution in [0, 0.1) is 5.82 Å². The minimum atomic E-state index is -0.429. The molecular formula is C16H17FN2O2. The molecule has 0 aliphatic heterocycles. The molecule has 0 saturated carbocycles. The summed E-state index contributed by atoms with van der Waals surface area (Å²) in [5.41, 5.74) is 6.51. The molecule has 0 aliphatic rings. The number of nitrogens with zero attached hydrogens (tertiary/aromatic N) is 1. The summed E-state index contributed by atoms with van der Waals surface area (Å²) in [5, 5.41) is 0. The van der Waals surface area contributed by atoms with Crippen LogP contribution >= 0.6 is 0 Å². The second kappa shape index (κ2) is 6.74. The molecule has 0 spiro atoms. The van der Waals surface area contributed by atoms with Gasteiger partial charge < -0.3 is 15.4 Å². The molecule has 0 saturated heterocycles. The number of halogens is 1. The van der Waals surface area contributed by atoms with Crippen LogP contribution < -0.4 is 15.4 Å². The van der Waals surface area contributed by atoms with Crippen LogP contribution in [0.3, 0.4) is 0 Å². The maximum atomic E-state index is 13.6. The predicted molar refractivity (Wildman–Crippen MR) is 80.8 cm³/mol. The number of carbonyl (C=O) groups is 1. The maximum absolute atomic E-state index is 13.6. The van der Waals surface area contributed by atoms with Gasteiger partial charge in [-0.25, -0.2) is 4.39 Å². The number of hydrogen-bond acceptors (Lipinski definition) is 3. The summed E-state index contributed by atoms with van der Waals surface area (Å²) in [4.78, 5) is 13.3. The molecule has 4 nitrogen and oxygen atoms in total. The molecule has 2 N–H and O–H groups in total. The van der Waals surface area contributed by atoms with E-state index in [0.29, 0.717) is 11.4 Å². The first-order valence-corrected chi connectivity index (χ1v) is 6.58. The predicted octanol–water partition coefficient (Wildman–Crippen LogP) is 2.84. The van der Waals surface area contributed by atoms with Gasteiger partial charge in [-0.1, -0.05) is 24.3 Å². The summed E-state index contributed by atoms with van der Waals surface area (Å²) in [6.45, 7) is 0.186. The third-order valence-electron chi connectivity index (χ3n) is 3.08. The van der Waals surface area contributed by atoms with Crippen molar-refractivity contribution in [3.63, 3.8) is 0 Å². The van der Waals surface area contributed by atoms with E-state index in [0.717, 1.165) is 0 Å². The van der Waals surface area contributed by atoms with Crippen molar-refractivity contribution in [3.05, 3.63) is 54.3 Å². The van der Waals surface area contributed by atoms with Gasteiger partial charge in [-0.2, -0.15) is 0 Å². The summed E-state index contributed by atoms with van der Waals surface area (Å²) in [6.07, 6.45) is 0.138. The lowest BCUT2D eigenvalue weighted by Gasteiger charge is -2.18. The Morgan fingerprint density at radius 1 is 1.19 bits per heavy atom. The third-order valence-corrected chi connectivity index (χ3v) is 3.08. The van der Waals surface area contributed by atoms with Gasteiger partial charge >= 0.3 is 0 Å². The summed E-state index contributed by atoms with van der Waals surface area (Å²) in [6, 6.07) is 13.2. The molecule has 0 aliphatic carbocycles. The highest BCUT2D eigenvalue weighted by Gasteiger charge is 2.14. The number of anilines is 2. The molecule has 5 heteroatoms. The number of carbonyl (C=O) groups excluding carboxylic acids is 1. The number of nitrogen functional groups attached to an aromatic ring is 1. The number of para-hydroxylation sites is 3. The Kier molecular flexibility index (Phi) is 4.77. The third kappa shape index (κ3) is 3.72. The molecular weight excluding hydrogens is 271 g/mol. The first kappa shape index (κ1) is 14.8. The molecule has 0 bridgehead atoms. The second-order valence-corrected chi connectivity index (χ2v) is 4.54. The fourth-order valence-electron chi connectivity index (χ4n) is 1.89. The first-order chi connectivity index (χ1) is 10.1. The van der Waals surface area contributed by atoms with Crippen molar-refractivity contribution < 1.29 is 13.9 Å². The molecule has 0 radical (unpaired) electrons. The Labute approximate surface area is 122 Å². The highest BCUT2D eigenvalue weighted by atomic mass is 19.1. The van der Waals surface area contributed by atoms with E-state index in [1.165, 1.54) is 18.0 Å². The molecule has 0 fully saturated rings. The van der Waals surface area contributed by atoms with E-state index in [-0.39, 0.29) is 24.6 Å². The van der Waals surface area contributed by atoms with Crippen LogP contribution in [0.5, 0.6) is 5.75 Å². The fourth-order valence-corrected chi connectivity index (χ4v) is 1.89. The van der Waals surface area contributed by atoms with Gasteiger partial charge in [-0.15, -0.1) is 0 Å². The lowest BCUT2D eigenvalue weighted by atomic mass is 10.2. The van der Waals surface area contributed by atoms with Gasteiger partial charge in [0.25, 0.3) is 0 Å². The Hall–Kier alpha value is -2.56. The number of rotatable bonds is 5. The van der Waals surface area contributed by atoms with Crippen molar-refractivity contribution >= 4 is 17.3 Å². The molecule has 2 aromatic rings. The van der Waals surface area contributed by atoms with Crippen LogP contribution in [0.4, 0.5) is 15.8 Å². The Bertz CT molecular complexity index is 631. The standard InChI is InChI=1S/C16H17FN2O2/c1-19(14-8-4-2-6-12(14)17)16(20)10-11-21-15-9-5-3-7-13(15)18/h2-9H,10-11,18H2,1H3. The van der Waals surface area contributed by atoms with Crippen LogP contribution in [0.25, 0.3) is 0 Å². The van der Waals surface area contributed by atoms with Gasteiger partial charge in [0.1, 0.15) is 11.6 Å². The molecule has 0 atom stereocenters. The topological polar surface area (TPSA) is 55.6 Å². The zero-order valence-electron chi connectivity index (χ0n) is 11.8. The summed E-state index contributed by atoms with van der Waals surface area (Å²) < 4.78 is 19.1. The zero-order chi connectivity index (χ0) is 15.2. The highest BCUT2D eigenvalue weighted by Crippen LogP contribution is 2.21. The van der Waals surface area contributed by atoms with Crippen molar-refractivity contribution in [1.82, 2.24) is 0 Å². The molecule has 2 rings (SSSR count). The largest absolute Gasteiger partial charge is 0.491 e. The van der Waals surface area contributed by atoms with Gasteiger partial charge in [0.2, 0.25) is 5.91 Å². The van der Waals surface area contributed by atoms with Crippen molar-refractivity contribution in [2.75, 3.05) is 24.3 Å². The van der Waals surface area contributed by atoms with Crippen LogP contribution in [0.2, 0.25) is 0 Å². The smallest absolute Gasteiger partial charge is 0.230 e. The van der Waals surface area contributed by atoms with Crippen molar-refractivity contribution in [1.29, 1.82) is 0 Å². The van der Waals surface area contributed by atoms with Crippen LogP contribution in [-0.4, -0.2) is 19.6 Å². The summed E-state index contributed by atoms with van der Waals surface area (Å²) >= 11 is 0. The molecule has 0 aromatic heterocycles.